The summed E-state index contributed by atoms with van der Waals surface area (Å²) >= 11 is 12.0. The molecule has 0 saturated heterocycles. The lowest BCUT2D eigenvalue weighted by Crippen LogP contribution is -2.15. The second-order valence-corrected chi connectivity index (χ2v) is 9.43. The Labute approximate surface area is 190 Å². The van der Waals surface area contributed by atoms with E-state index in [-0.39, 0.29) is 10.7 Å². The number of aromatic nitrogens is 4. The Balaban J connectivity index is 1.57. The predicted octanol–water partition coefficient (Wildman–Crippen LogP) is 4.84. The van der Waals surface area contributed by atoms with Crippen LogP contribution in [0.3, 0.4) is 0 Å². The summed E-state index contributed by atoms with van der Waals surface area (Å²) in [4.78, 5) is 0.135. The van der Waals surface area contributed by atoms with Crippen LogP contribution in [0.25, 0.3) is 5.69 Å². The van der Waals surface area contributed by atoms with Gasteiger partial charge in [-0.3, -0.25) is 9.40 Å². The van der Waals surface area contributed by atoms with Gasteiger partial charge in [-0.15, -0.1) is 0 Å². The highest BCUT2D eigenvalue weighted by Gasteiger charge is 2.26. The minimum atomic E-state index is -3.88. The second-order valence-electron chi connectivity index (χ2n) is 7.00. The van der Waals surface area contributed by atoms with E-state index in [1.807, 2.05) is 36.4 Å². The molecule has 4 aromatic rings. The third kappa shape index (κ3) is 4.46. The van der Waals surface area contributed by atoms with E-state index >= 15 is 0 Å². The van der Waals surface area contributed by atoms with Gasteiger partial charge in [0, 0.05) is 12.3 Å². The van der Waals surface area contributed by atoms with Crippen LogP contribution < -0.4 is 4.72 Å². The molecule has 0 unspecified atom stereocenters. The summed E-state index contributed by atoms with van der Waals surface area (Å²) in [6, 6.07) is 16.3. The Morgan fingerprint density at radius 2 is 1.71 bits per heavy atom. The van der Waals surface area contributed by atoms with Crippen LogP contribution in [-0.2, 0) is 16.6 Å². The minimum Gasteiger partial charge on any atom is -0.266 e. The van der Waals surface area contributed by atoms with E-state index in [9.17, 15) is 8.42 Å². The van der Waals surface area contributed by atoms with Gasteiger partial charge in [-0.25, -0.2) is 13.1 Å². The number of hydrogen-bond donors (Lipinski definition) is 1. The van der Waals surface area contributed by atoms with Crippen molar-refractivity contribution in [1.29, 1.82) is 0 Å². The quantitative estimate of drug-likeness (QED) is 0.432. The maximum atomic E-state index is 13.1. The lowest BCUT2D eigenvalue weighted by Gasteiger charge is -2.07. The molecule has 0 saturated carbocycles. The van der Waals surface area contributed by atoms with Gasteiger partial charge in [0.2, 0.25) is 0 Å². The first-order chi connectivity index (χ1) is 14.7. The number of sulfonamides is 1. The average Bonchev–Trinajstić information content (AvgIpc) is 3.28. The molecule has 0 fully saturated rings. The van der Waals surface area contributed by atoms with E-state index in [0.717, 1.165) is 11.3 Å². The summed E-state index contributed by atoms with van der Waals surface area (Å²) in [5.41, 5.74) is 2.61. The maximum absolute atomic E-state index is 13.1. The molecule has 2 heterocycles. The van der Waals surface area contributed by atoms with Gasteiger partial charge in [0.05, 0.1) is 33.7 Å². The molecule has 4 rings (SSSR count). The van der Waals surface area contributed by atoms with Gasteiger partial charge in [-0.2, -0.15) is 10.2 Å². The van der Waals surface area contributed by atoms with Crippen molar-refractivity contribution < 1.29 is 8.42 Å². The van der Waals surface area contributed by atoms with Gasteiger partial charge >= 0.3 is 0 Å². The van der Waals surface area contributed by atoms with Crippen molar-refractivity contribution >= 4 is 39.0 Å². The van der Waals surface area contributed by atoms with E-state index < -0.39 is 10.0 Å². The van der Waals surface area contributed by atoms with E-state index in [2.05, 4.69) is 14.9 Å². The first-order valence-electron chi connectivity index (χ1n) is 9.36. The summed E-state index contributed by atoms with van der Waals surface area (Å²) in [5.74, 6) is 0.214. The average molecular weight is 476 g/mol. The molecule has 7 nitrogen and oxygen atoms in total. The van der Waals surface area contributed by atoms with Crippen LogP contribution in [0.2, 0.25) is 10.0 Å². The number of hydrogen-bond acceptors (Lipinski definition) is 4. The van der Waals surface area contributed by atoms with Crippen molar-refractivity contribution in [2.45, 2.75) is 25.3 Å². The normalized spacial score (nSPS) is 11.6. The number of aryl methyl sites for hydroxylation is 1. The van der Waals surface area contributed by atoms with Gasteiger partial charge in [-0.1, -0.05) is 47.5 Å². The van der Waals surface area contributed by atoms with Crippen LogP contribution in [0.1, 0.15) is 17.0 Å². The van der Waals surface area contributed by atoms with Gasteiger partial charge in [0.25, 0.3) is 10.0 Å². The fraction of sp³-hybridized carbons (Fsp3) is 0.143. The highest BCUT2D eigenvalue weighted by atomic mass is 35.5. The fourth-order valence-electron chi connectivity index (χ4n) is 3.36. The highest BCUT2D eigenvalue weighted by Crippen LogP contribution is 2.25. The molecule has 0 atom stereocenters. The molecule has 10 heteroatoms. The van der Waals surface area contributed by atoms with Crippen molar-refractivity contribution in [3.63, 3.8) is 0 Å². The molecule has 0 spiro atoms. The molecule has 160 valence electrons. The Hall–Kier alpha value is -2.81. The maximum Gasteiger partial charge on any atom is 0.266 e. The second kappa shape index (κ2) is 8.37. The Bertz CT molecular complexity index is 1350. The molecule has 0 bridgehead atoms. The number of nitrogens with one attached hydrogen (secondary N) is 1. The zero-order chi connectivity index (χ0) is 22.2. The molecule has 31 heavy (non-hydrogen) atoms. The lowest BCUT2D eigenvalue weighted by atomic mass is 10.2. The monoisotopic (exact) mass is 475 g/mol. The van der Waals surface area contributed by atoms with E-state index in [1.54, 1.807) is 47.6 Å². The summed E-state index contributed by atoms with van der Waals surface area (Å²) in [7, 11) is -3.88. The molecular weight excluding hydrogens is 457 g/mol. The number of benzene rings is 2. The van der Waals surface area contributed by atoms with Crippen LogP contribution >= 0.6 is 23.2 Å². The molecule has 0 radical (unpaired) electrons. The zero-order valence-electron chi connectivity index (χ0n) is 16.8. The number of anilines is 1. The summed E-state index contributed by atoms with van der Waals surface area (Å²) in [5, 5.41) is 9.65. The van der Waals surface area contributed by atoms with Crippen molar-refractivity contribution in [1.82, 2.24) is 19.6 Å². The fourth-order valence-corrected chi connectivity index (χ4v) is 5.07. The number of halogens is 2. The Morgan fingerprint density at radius 1 is 0.968 bits per heavy atom. The standard InChI is InChI=1S/C21H19Cl2N5O2S/c1-14-21(15(2)28(24-14)17-6-4-3-5-7-17)31(29,30)26-20-10-11-27(25-20)13-16-8-9-18(22)19(23)12-16/h3-12H,13H2,1-2H3,(H,25,26). The molecule has 2 aromatic heterocycles. The highest BCUT2D eigenvalue weighted by molar-refractivity contribution is 7.92. The van der Waals surface area contributed by atoms with Crippen LogP contribution in [0, 0.1) is 13.8 Å². The van der Waals surface area contributed by atoms with Gasteiger partial charge in [0.1, 0.15) is 4.90 Å². The van der Waals surface area contributed by atoms with E-state index in [0.29, 0.717) is 28.0 Å². The molecule has 2 aromatic carbocycles. The van der Waals surface area contributed by atoms with Crippen molar-refractivity contribution in [2.75, 3.05) is 4.72 Å². The third-order valence-corrected chi connectivity index (χ3v) is 7.05. The number of nitrogens with zero attached hydrogens (tertiary/aromatic N) is 4. The third-order valence-electron chi connectivity index (χ3n) is 4.70. The first kappa shape index (κ1) is 21.4. The SMILES string of the molecule is Cc1nn(-c2ccccc2)c(C)c1S(=O)(=O)Nc1ccn(Cc2ccc(Cl)c(Cl)c2)n1. The summed E-state index contributed by atoms with van der Waals surface area (Å²) < 4.78 is 32.0. The molecule has 1 N–H and O–H groups in total. The zero-order valence-corrected chi connectivity index (χ0v) is 19.1. The molecule has 0 aliphatic heterocycles. The van der Waals surface area contributed by atoms with Gasteiger partial charge < -0.3 is 0 Å². The van der Waals surface area contributed by atoms with Crippen molar-refractivity contribution in [2.24, 2.45) is 0 Å². The molecule has 0 aliphatic carbocycles. The van der Waals surface area contributed by atoms with Crippen molar-refractivity contribution in [3.05, 3.63) is 87.8 Å². The number of para-hydroxylation sites is 1. The smallest absolute Gasteiger partial charge is 0.266 e. The summed E-state index contributed by atoms with van der Waals surface area (Å²) in [6.07, 6.45) is 1.69. The van der Waals surface area contributed by atoms with Crippen LogP contribution in [-0.4, -0.2) is 28.0 Å². The van der Waals surface area contributed by atoms with Crippen molar-refractivity contribution in [3.8, 4) is 5.69 Å². The molecular formula is C21H19Cl2N5O2S. The van der Waals surface area contributed by atoms with Gasteiger partial charge in [-0.05, 0) is 43.7 Å². The minimum absolute atomic E-state index is 0.135. The Kier molecular flexibility index (Phi) is 5.79. The first-order valence-corrected chi connectivity index (χ1v) is 11.6. The van der Waals surface area contributed by atoms with Crippen LogP contribution in [0.15, 0.2) is 65.7 Å². The van der Waals surface area contributed by atoms with E-state index in [1.165, 1.54) is 0 Å². The Morgan fingerprint density at radius 3 is 2.42 bits per heavy atom. The molecule has 0 amide bonds. The number of rotatable bonds is 6. The van der Waals surface area contributed by atoms with Crippen LogP contribution in [0.4, 0.5) is 5.82 Å². The summed E-state index contributed by atoms with van der Waals surface area (Å²) in [6.45, 7) is 3.82. The predicted molar refractivity (Wildman–Crippen MR) is 122 cm³/mol. The molecule has 0 aliphatic rings. The largest absolute Gasteiger partial charge is 0.266 e. The van der Waals surface area contributed by atoms with E-state index in [4.69, 9.17) is 23.2 Å². The lowest BCUT2D eigenvalue weighted by molar-refractivity contribution is 0.599. The topological polar surface area (TPSA) is 81.8 Å². The van der Waals surface area contributed by atoms with Gasteiger partial charge in [0.15, 0.2) is 5.82 Å². The van der Waals surface area contributed by atoms with Crippen LogP contribution in [0.5, 0.6) is 0 Å².